The van der Waals surface area contributed by atoms with Gasteiger partial charge in [0.15, 0.2) is 5.78 Å². The minimum Gasteiger partial charge on any atom is -0.384 e. The van der Waals surface area contributed by atoms with E-state index in [0.29, 0.717) is 11.1 Å². The van der Waals surface area contributed by atoms with Crippen LogP contribution in [0.25, 0.3) is 12.2 Å². The summed E-state index contributed by atoms with van der Waals surface area (Å²) >= 11 is 0. The van der Waals surface area contributed by atoms with Crippen LogP contribution in [0.15, 0.2) is 59.7 Å². The van der Waals surface area contributed by atoms with Crippen LogP contribution < -0.4 is 11.5 Å². The van der Waals surface area contributed by atoms with Crippen LogP contribution in [0.1, 0.15) is 47.9 Å². The van der Waals surface area contributed by atoms with Crippen molar-refractivity contribution < 1.29 is 4.79 Å². The van der Waals surface area contributed by atoms with Crippen molar-refractivity contribution in [2.24, 2.45) is 11.5 Å². The number of carbonyl (C=O) groups is 1. The largest absolute Gasteiger partial charge is 0.384 e. The zero-order valence-electron chi connectivity index (χ0n) is 15.7. The van der Waals surface area contributed by atoms with Crippen LogP contribution in [0.2, 0.25) is 0 Å². The molecule has 0 atom stereocenters. The molecule has 0 radical (unpaired) electrons. The summed E-state index contributed by atoms with van der Waals surface area (Å²) in [5, 5.41) is 14.9. The van der Waals surface area contributed by atoms with Crippen LogP contribution in [0.4, 0.5) is 0 Å². The lowest BCUT2D eigenvalue weighted by atomic mass is 9.97. The van der Waals surface area contributed by atoms with E-state index in [1.807, 2.05) is 36.4 Å². The highest BCUT2D eigenvalue weighted by atomic mass is 16.1. The number of benzene rings is 2. The highest BCUT2D eigenvalue weighted by Gasteiger charge is 2.19. The first-order valence-electron chi connectivity index (χ1n) is 9.29. The molecule has 1 fully saturated rings. The third-order valence-corrected chi connectivity index (χ3v) is 4.85. The van der Waals surface area contributed by atoms with Crippen molar-refractivity contribution in [3.63, 3.8) is 0 Å². The third kappa shape index (κ3) is 4.62. The first-order chi connectivity index (χ1) is 13.4. The molecule has 0 amide bonds. The van der Waals surface area contributed by atoms with Crippen molar-refractivity contribution >= 4 is 29.6 Å². The molecular weight excluding hydrogens is 348 g/mol. The van der Waals surface area contributed by atoms with Crippen LogP contribution in [0, 0.1) is 10.8 Å². The van der Waals surface area contributed by atoms with Gasteiger partial charge in [0.25, 0.3) is 0 Å². The molecule has 0 aromatic heterocycles. The quantitative estimate of drug-likeness (QED) is 0.282. The first kappa shape index (κ1) is 19.3. The van der Waals surface area contributed by atoms with Gasteiger partial charge >= 0.3 is 0 Å². The number of Topliss-reactive ketones (excluding diaryl/α,β-unsaturated/α-hetero) is 1. The number of nitrogen functional groups attached to an aromatic ring is 2. The van der Waals surface area contributed by atoms with Crippen LogP contribution >= 0.6 is 0 Å². The van der Waals surface area contributed by atoms with E-state index in [9.17, 15) is 4.79 Å². The van der Waals surface area contributed by atoms with E-state index in [2.05, 4.69) is 0 Å². The lowest BCUT2D eigenvalue weighted by molar-refractivity contribution is -0.112. The second-order valence-corrected chi connectivity index (χ2v) is 6.95. The van der Waals surface area contributed by atoms with Gasteiger partial charge in [-0.1, -0.05) is 48.5 Å². The van der Waals surface area contributed by atoms with Gasteiger partial charge in [0.05, 0.1) is 0 Å². The number of ketones is 1. The van der Waals surface area contributed by atoms with Crippen molar-refractivity contribution in [3.8, 4) is 0 Å². The van der Waals surface area contributed by atoms with E-state index in [-0.39, 0.29) is 17.5 Å². The molecule has 2 aromatic rings. The van der Waals surface area contributed by atoms with E-state index >= 15 is 0 Å². The van der Waals surface area contributed by atoms with Crippen molar-refractivity contribution in [2.45, 2.75) is 25.7 Å². The molecule has 2 aromatic carbocycles. The normalized spacial score (nSPS) is 17.5. The Morgan fingerprint density at radius 2 is 1.07 bits per heavy atom. The van der Waals surface area contributed by atoms with Gasteiger partial charge < -0.3 is 11.5 Å². The fraction of sp³-hybridized carbons (Fsp3) is 0.174. The number of nitrogens with one attached hydrogen (secondary N) is 2. The molecule has 28 heavy (non-hydrogen) atoms. The predicted molar refractivity (Wildman–Crippen MR) is 114 cm³/mol. The maximum atomic E-state index is 13.1. The Morgan fingerprint density at radius 3 is 1.39 bits per heavy atom. The second-order valence-electron chi connectivity index (χ2n) is 6.95. The maximum absolute atomic E-state index is 13.1. The van der Waals surface area contributed by atoms with Crippen molar-refractivity contribution in [1.82, 2.24) is 0 Å². The zero-order chi connectivity index (χ0) is 20.1. The zero-order valence-corrected chi connectivity index (χ0v) is 15.7. The molecule has 142 valence electrons. The van der Waals surface area contributed by atoms with Gasteiger partial charge in [0, 0.05) is 22.3 Å². The van der Waals surface area contributed by atoms with E-state index in [1.165, 1.54) is 0 Å². The number of hydrogen-bond donors (Lipinski definition) is 4. The van der Waals surface area contributed by atoms with Gasteiger partial charge in [-0.3, -0.25) is 15.6 Å². The highest BCUT2D eigenvalue weighted by molar-refractivity contribution is 6.13. The summed E-state index contributed by atoms with van der Waals surface area (Å²) < 4.78 is 0. The summed E-state index contributed by atoms with van der Waals surface area (Å²) in [4.78, 5) is 13.1. The highest BCUT2D eigenvalue weighted by Crippen LogP contribution is 2.27. The van der Waals surface area contributed by atoms with Crippen molar-refractivity contribution in [2.75, 3.05) is 0 Å². The Labute approximate surface area is 164 Å². The fourth-order valence-electron chi connectivity index (χ4n) is 3.26. The molecule has 5 nitrogen and oxygen atoms in total. The molecular formula is C23H24N4O. The minimum atomic E-state index is 0.0331. The molecule has 3 rings (SSSR count). The van der Waals surface area contributed by atoms with Crippen LogP contribution in [-0.4, -0.2) is 17.5 Å². The van der Waals surface area contributed by atoms with Crippen LogP contribution in [-0.2, 0) is 4.79 Å². The summed E-state index contributed by atoms with van der Waals surface area (Å²) in [6, 6.07) is 14.7. The van der Waals surface area contributed by atoms with E-state index in [4.69, 9.17) is 22.3 Å². The number of amidine groups is 2. The van der Waals surface area contributed by atoms with Gasteiger partial charge in [0.1, 0.15) is 11.7 Å². The lowest BCUT2D eigenvalue weighted by Gasteiger charge is -2.07. The molecule has 0 aliphatic heterocycles. The minimum absolute atomic E-state index is 0.0331. The topological polar surface area (TPSA) is 117 Å². The second kappa shape index (κ2) is 8.48. The van der Waals surface area contributed by atoms with Gasteiger partial charge in [-0.05, 0) is 49.0 Å². The number of allylic oxidation sites excluding steroid dienone is 2. The first-order valence-corrected chi connectivity index (χ1v) is 9.29. The fourth-order valence-corrected chi connectivity index (χ4v) is 3.26. The molecule has 1 aliphatic carbocycles. The lowest BCUT2D eigenvalue weighted by Crippen LogP contribution is -2.10. The number of rotatable bonds is 4. The molecule has 6 N–H and O–H groups in total. The Balaban J connectivity index is 1.86. The number of carbonyl (C=O) groups excluding carboxylic acids is 1. The van der Waals surface area contributed by atoms with Crippen molar-refractivity contribution in [3.05, 3.63) is 81.9 Å². The van der Waals surface area contributed by atoms with Gasteiger partial charge in [-0.25, -0.2) is 0 Å². The summed E-state index contributed by atoms with van der Waals surface area (Å²) in [7, 11) is 0. The monoisotopic (exact) mass is 372 g/mol. The Morgan fingerprint density at radius 1 is 0.714 bits per heavy atom. The third-order valence-electron chi connectivity index (χ3n) is 4.85. The summed E-state index contributed by atoms with van der Waals surface area (Å²) in [5.41, 5.74) is 15.8. The van der Waals surface area contributed by atoms with Crippen LogP contribution in [0.5, 0.6) is 0 Å². The Hall–Kier alpha value is -3.47. The molecule has 1 aliphatic rings. The molecule has 1 saturated carbocycles. The predicted octanol–water partition coefficient (Wildman–Crippen LogP) is 3.86. The summed E-state index contributed by atoms with van der Waals surface area (Å²) in [6.07, 6.45) is 7.34. The van der Waals surface area contributed by atoms with Gasteiger partial charge in [-0.2, -0.15) is 0 Å². The molecule has 0 spiro atoms. The average molecular weight is 372 g/mol. The summed E-state index contributed by atoms with van der Waals surface area (Å²) in [5.74, 6) is 0.153. The maximum Gasteiger partial charge on any atom is 0.185 e. The Bertz CT molecular complexity index is 887. The smallest absolute Gasteiger partial charge is 0.185 e. The number of nitrogens with two attached hydrogens (primary N) is 2. The molecule has 0 saturated heterocycles. The van der Waals surface area contributed by atoms with E-state index in [1.54, 1.807) is 24.3 Å². The van der Waals surface area contributed by atoms with E-state index in [0.717, 1.165) is 48.0 Å². The Kier molecular flexibility index (Phi) is 5.84. The van der Waals surface area contributed by atoms with E-state index < -0.39 is 0 Å². The molecule has 0 heterocycles. The molecule has 5 heteroatoms. The van der Waals surface area contributed by atoms with Crippen LogP contribution in [0.3, 0.4) is 0 Å². The SMILES string of the molecule is N=C(N)c1ccc(/C=C2/CCCC/C(=C\c3ccc(C(=N)N)cc3)C2=O)cc1. The number of hydrogen-bond acceptors (Lipinski definition) is 3. The molecule has 0 bridgehead atoms. The van der Waals surface area contributed by atoms with Gasteiger partial charge in [-0.15, -0.1) is 0 Å². The van der Waals surface area contributed by atoms with Gasteiger partial charge in [0.2, 0.25) is 0 Å². The average Bonchev–Trinajstić information content (AvgIpc) is 2.85. The standard InChI is InChI=1S/C23H24N4O/c24-22(25)17-9-5-15(6-10-17)13-19-3-1-2-4-20(21(19)28)14-16-7-11-18(12-8-16)23(26)27/h5-14H,1-4H2,(H3,24,25)(H3,26,27)/b19-13-,20-14+. The molecule has 0 unspecified atom stereocenters. The van der Waals surface area contributed by atoms with Crippen molar-refractivity contribution in [1.29, 1.82) is 10.8 Å². The summed E-state index contributed by atoms with van der Waals surface area (Å²) in [6.45, 7) is 0.